The number of rotatable bonds is 2. The zero-order valence-corrected chi connectivity index (χ0v) is 12.6. The van der Waals surface area contributed by atoms with E-state index >= 15 is 0 Å². The summed E-state index contributed by atoms with van der Waals surface area (Å²) in [5, 5.41) is 0. The fourth-order valence-electron chi connectivity index (χ4n) is 2.31. The topological polar surface area (TPSA) is 54.5 Å². The van der Waals surface area contributed by atoms with Gasteiger partial charge in [0.05, 0.1) is 4.90 Å². The Morgan fingerprint density at radius 3 is 2.40 bits per heavy atom. The van der Waals surface area contributed by atoms with Crippen molar-refractivity contribution >= 4 is 25.6 Å². The molecule has 0 aliphatic carbocycles. The molecule has 1 saturated heterocycles. The second-order valence-electron chi connectivity index (χ2n) is 4.87. The summed E-state index contributed by atoms with van der Waals surface area (Å²) in [5.74, 6) is -1.10. The van der Waals surface area contributed by atoms with E-state index in [1.54, 1.807) is 4.90 Å². The van der Waals surface area contributed by atoms with Crippen LogP contribution in [0.4, 0.5) is 4.39 Å². The predicted molar refractivity (Wildman–Crippen MR) is 73.9 cm³/mol. The molecule has 0 spiro atoms. The minimum atomic E-state index is -4.08. The molecule has 0 atom stereocenters. The first-order valence-electron chi connectivity index (χ1n) is 6.35. The van der Waals surface area contributed by atoms with Crippen molar-refractivity contribution < 1.29 is 17.6 Å². The first kappa shape index (κ1) is 15.3. The van der Waals surface area contributed by atoms with Crippen LogP contribution in [0, 0.1) is 12.7 Å². The van der Waals surface area contributed by atoms with Crippen LogP contribution in [0.3, 0.4) is 0 Å². The number of carbonyl (C=O) groups excluding carboxylic acids is 1. The average Bonchev–Trinajstić information content (AvgIpc) is 2.40. The van der Waals surface area contributed by atoms with Crippen LogP contribution >= 0.6 is 10.7 Å². The highest BCUT2D eigenvalue weighted by molar-refractivity contribution is 8.13. The van der Waals surface area contributed by atoms with Gasteiger partial charge in [-0.1, -0.05) is 0 Å². The maximum absolute atomic E-state index is 13.8. The molecule has 1 fully saturated rings. The monoisotopic (exact) mass is 319 g/mol. The van der Waals surface area contributed by atoms with Gasteiger partial charge in [0.25, 0.3) is 15.0 Å². The fourth-order valence-corrected chi connectivity index (χ4v) is 3.52. The Bertz CT molecular complexity index is 639. The van der Waals surface area contributed by atoms with Crippen LogP contribution in [-0.4, -0.2) is 32.3 Å². The van der Waals surface area contributed by atoms with Crippen LogP contribution in [0.5, 0.6) is 0 Å². The van der Waals surface area contributed by atoms with Crippen LogP contribution in [-0.2, 0) is 9.05 Å². The summed E-state index contributed by atoms with van der Waals surface area (Å²) in [6.07, 6.45) is 2.87. The van der Waals surface area contributed by atoms with E-state index < -0.39 is 14.9 Å². The Balaban J connectivity index is 2.42. The van der Waals surface area contributed by atoms with Crippen molar-refractivity contribution in [3.05, 3.63) is 29.1 Å². The number of amides is 1. The lowest BCUT2D eigenvalue weighted by molar-refractivity contribution is 0.0723. The van der Waals surface area contributed by atoms with Gasteiger partial charge in [-0.05, 0) is 38.3 Å². The molecule has 1 amide bonds. The molecule has 4 nitrogen and oxygen atoms in total. The maximum Gasteiger partial charge on any atom is 0.261 e. The molecule has 0 radical (unpaired) electrons. The minimum absolute atomic E-state index is 0.0224. The Labute approximate surface area is 121 Å². The Kier molecular flexibility index (Phi) is 4.34. The largest absolute Gasteiger partial charge is 0.339 e. The molecule has 0 bridgehead atoms. The molecule has 0 N–H and O–H groups in total. The van der Waals surface area contributed by atoms with Gasteiger partial charge < -0.3 is 4.90 Å². The van der Waals surface area contributed by atoms with Gasteiger partial charge in [0.1, 0.15) is 5.82 Å². The molecule has 1 aromatic rings. The molecule has 110 valence electrons. The fraction of sp³-hybridized carbons (Fsp3) is 0.462. The van der Waals surface area contributed by atoms with Gasteiger partial charge in [0.2, 0.25) is 0 Å². The summed E-state index contributed by atoms with van der Waals surface area (Å²) in [6.45, 7) is 2.54. The highest BCUT2D eigenvalue weighted by Crippen LogP contribution is 2.25. The lowest BCUT2D eigenvalue weighted by Crippen LogP contribution is -2.35. The lowest BCUT2D eigenvalue weighted by Gasteiger charge is -2.27. The normalized spacial score (nSPS) is 16.2. The van der Waals surface area contributed by atoms with Gasteiger partial charge in [0.15, 0.2) is 0 Å². The van der Waals surface area contributed by atoms with E-state index in [1.165, 1.54) is 6.92 Å². The van der Waals surface area contributed by atoms with E-state index in [9.17, 15) is 17.6 Å². The van der Waals surface area contributed by atoms with Crippen molar-refractivity contribution in [2.45, 2.75) is 31.1 Å². The van der Waals surface area contributed by atoms with E-state index in [-0.39, 0.29) is 21.9 Å². The van der Waals surface area contributed by atoms with Crippen LogP contribution in [0.2, 0.25) is 0 Å². The van der Waals surface area contributed by atoms with E-state index in [0.717, 1.165) is 31.4 Å². The molecule has 2 rings (SSSR count). The zero-order valence-electron chi connectivity index (χ0n) is 11.0. The van der Waals surface area contributed by atoms with Crippen LogP contribution in [0.1, 0.15) is 35.2 Å². The van der Waals surface area contributed by atoms with E-state index in [0.29, 0.717) is 13.1 Å². The molecule has 1 aliphatic rings. The van der Waals surface area contributed by atoms with Crippen LogP contribution in [0.15, 0.2) is 17.0 Å². The van der Waals surface area contributed by atoms with Gasteiger partial charge in [-0.3, -0.25) is 4.79 Å². The molecule has 7 heteroatoms. The minimum Gasteiger partial charge on any atom is -0.339 e. The highest BCUT2D eigenvalue weighted by atomic mass is 35.7. The lowest BCUT2D eigenvalue weighted by atomic mass is 10.1. The quantitative estimate of drug-likeness (QED) is 0.788. The summed E-state index contributed by atoms with van der Waals surface area (Å²) >= 11 is 0. The van der Waals surface area contributed by atoms with Gasteiger partial charge in [-0.2, -0.15) is 0 Å². The third kappa shape index (κ3) is 3.12. The van der Waals surface area contributed by atoms with Gasteiger partial charge in [0, 0.05) is 34.9 Å². The third-order valence-electron chi connectivity index (χ3n) is 3.45. The van der Waals surface area contributed by atoms with E-state index in [2.05, 4.69) is 0 Å². The summed E-state index contributed by atoms with van der Waals surface area (Å²) in [4.78, 5) is 13.5. The van der Waals surface area contributed by atoms with E-state index in [4.69, 9.17) is 10.7 Å². The molecule has 0 saturated carbocycles. The van der Waals surface area contributed by atoms with Gasteiger partial charge in [-0.25, -0.2) is 12.8 Å². The molecule has 20 heavy (non-hydrogen) atoms. The van der Waals surface area contributed by atoms with E-state index in [1.807, 2.05) is 0 Å². The summed E-state index contributed by atoms with van der Waals surface area (Å²) < 4.78 is 36.7. The molecule has 1 heterocycles. The number of hydrogen-bond donors (Lipinski definition) is 0. The maximum atomic E-state index is 13.8. The number of likely N-dealkylation sites (tertiary alicyclic amines) is 1. The second kappa shape index (κ2) is 5.69. The van der Waals surface area contributed by atoms with Crippen LogP contribution in [0.25, 0.3) is 0 Å². The number of halogens is 2. The number of nitrogens with zero attached hydrogens (tertiary/aromatic N) is 1. The summed E-state index contributed by atoms with van der Waals surface area (Å²) in [7, 11) is 1.20. The van der Waals surface area contributed by atoms with Crippen molar-refractivity contribution in [3.63, 3.8) is 0 Å². The van der Waals surface area contributed by atoms with Crippen molar-refractivity contribution in [2.24, 2.45) is 0 Å². The molecular formula is C13H15ClFNO3S. The molecular weight excluding hydrogens is 305 g/mol. The Morgan fingerprint density at radius 1 is 1.25 bits per heavy atom. The first-order chi connectivity index (χ1) is 9.30. The highest BCUT2D eigenvalue weighted by Gasteiger charge is 2.23. The first-order valence-corrected chi connectivity index (χ1v) is 8.65. The van der Waals surface area contributed by atoms with Crippen LogP contribution < -0.4 is 0 Å². The molecule has 1 aromatic carbocycles. The van der Waals surface area contributed by atoms with Crippen molar-refractivity contribution in [2.75, 3.05) is 13.1 Å². The predicted octanol–water partition coefficient (Wildman–Crippen LogP) is 2.69. The van der Waals surface area contributed by atoms with Gasteiger partial charge in [-0.15, -0.1) is 0 Å². The molecule has 1 aliphatic heterocycles. The molecule has 0 aromatic heterocycles. The zero-order chi connectivity index (χ0) is 14.9. The van der Waals surface area contributed by atoms with Crippen molar-refractivity contribution in [1.82, 2.24) is 4.90 Å². The summed E-state index contributed by atoms with van der Waals surface area (Å²) in [6, 6.07) is 2.22. The number of benzene rings is 1. The summed E-state index contributed by atoms with van der Waals surface area (Å²) in [5.41, 5.74) is -0.0515. The van der Waals surface area contributed by atoms with Gasteiger partial charge >= 0.3 is 0 Å². The Hall–Kier alpha value is -1.14. The van der Waals surface area contributed by atoms with Crippen molar-refractivity contribution in [1.29, 1.82) is 0 Å². The second-order valence-corrected chi connectivity index (χ2v) is 7.41. The number of piperidine rings is 1. The van der Waals surface area contributed by atoms with Crippen molar-refractivity contribution in [3.8, 4) is 0 Å². The standard InChI is InChI=1S/C13H15ClFNO3S/c1-9-11(15)7-10(8-12(9)20(14,18)19)13(17)16-5-3-2-4-6-16/h7-8H,2-6H2,1H3. The Morgan fingerprint density at radius 2 is 1.85 bits per heavy atom. The SMILES string of the molecule is Cc1c(F)cc(C(=O)N2CCCCC2)cc1S(=O)(=O)Cl. The average molecular weight is 320 g/mol. The molecule has 0 unspecified atom stereocenters. The smallest absolute Gasteiger partial charge is 0.261 e. The number of hydrogen-bond acceptors (Lipinski definition) is 3. The third-order valence-corrected chi connectivity index (χ3v) is 4.90. The number of carbonyl (C=O) groups is 1.